The molecule has 10 heteroatoms. The Morgan fingerprint density at radius 1 is 0.750 bits per heavy atom. The van der Waals surface area contributed by atoms with Gasteiger partial charge in [0.05, 0.1) is 11.9 Å². The zero-order valence-corrected chi connectivity index (χ0v) is 10.3. The van der Waals surface area contributed by atoms with Crippen molar-refractivity contribution in [2.75, 3.05) is 0 Å². The smallest absolute Gasteiger partial charge is 0.547 e. The number of rotatable bonds is 5. The molecule has 102 valence electrons. The number of aliphatic hydroxyl groups excluding tert-OH is 4. The molecule has 0 amide bonds. The summed E-state index contributed by atoms with van der Waals surface area (Å²) in [5.74, 6) is -4.22. The second kappa shape index (κ2) is 9.31. The number of carbonyl (C=O) groups is 2. The van der Waals surface area contributed by atoms with Crippen LogP contribution in [-0.2, 0) is 54.3 Å². The molecular weight excluding hydrogens is 416 g/mol. The van der Waals surface area contributed by atoms with Gasteiger partial charge in [0.15, 0.2) is 0 Å². The minimum Gasteiger partial charge on any atom is -0.547 e. The fourth-order valence-electron chi connectivity index (χ4n) is 0.652. The molecule has 0 aliphatic heterocycles. The van der Waals surface area contributed by atoms with Crippen LogP contribution in [-0.4, -0.2) is 56.8 Å². The Kier molecular flexibility index (Phi) is 12.5. The van der Waals surface area contributed by atoms with Crippen molar-refractivity contribution in [2.45, 2.75) is 24.4 Å². The van der Waals surface area contributed by atoms with Crippen molar-refractivity contribution < 1.29 is 85.0 Å². The Bertz CT molecular complexity index is 211. The number of aliphatic carboxylic acids is 2. The zero-order chi connectivity index (χ0) is 11.5. The molecule has 0 unspecified atom stereocenters. The summed E-state index contributed by atoms with van der Waals surface area (Å²) < 4.78 is 0. The first-order valence-electron chi connectivity index (χ1n) is 3.43. The van der Waals surface area contributed by atoms with Crippen LogP contribution in [0.15, 0.2) is 0 Å². The molecule has 0 heterocycles. The molecule has 4 atom stereocenters. The molecule has 0 aliphatic carbocycles. The molecule has 4 N–H and O–H groups in total. The van der Waals surface area contributed by atoms with Gasteiger partial charge in [-0.1, -0.05) is 0 Å². The maximum absolute atomic E-state index is 9.96. The van der Waals surface area contributed by atoms with Gasteiger partial charge in [-0.2, -0.15) is 0 Å². The van der Waals surface area contributed by atoms with Gasteiger partial charge < -0.3 is 40.2 Å². The van der Waals surface area contributed by atoms with Crippen molar-refractivity contribution in [2.24, 2.45) is 0 Å². The first-order chi connectivity index (χ1) is 6.29. The quantitative estimate of drug-likeness (QED) is 0.318. The average molecular weight is 424 g/mol. The Morgan fingerprint density at radius 3 is 1.06 bits per heavy atom. The van der Waals surface area contributed by atoms with Crippen LogP contribution in [0.1, 0.15) is 0 Å². The van der Waals surface area contributed by atoms with Gasteiger partial charge in [0.2, 0.25) is 0 Å². The molecule has 0 rings (SSSR count). The predicted molar refractivity (Wildman–Crippen MR) is 34.0 cm³/mol. The molecule has 0 saturated carbocycles. The SMILES string of the molecule is O=C([O-])[C@@H](O)[C@H](O)[C@H](O)[C@@H](O)C(=O)[O-].[Ag+].[Ag+]. The second-order valence-corrected chi connectivity index (χ2v) is 2.51. The first kappa shape index (κ1) is 21.5. The van der Waals surface area contributed by atoms with Crippen LogP contribution < -0.4 is 10.2 Å². The van der Waals surface area contributed by atoms with E-state index in [0.717, 1.165) is 0 Å². The van der Waals surface area contributed by atoms with Crippen LogP contribution >= 0.6 is 0 Å². The summed E-state index contributed by atoms with van der Waals surface area (Å²) in [5, 5.41) is 54.7. The third kappa shape index (κ3) is 6.11. The van der Waals surface area contributed by atoms with E-state index in [1.54, 1.807) is 0 Å². The van der Waals surface area contributed by atoms with Crippen LogP contribution in [0, 0.1) is 0 Å². The average Bonchev–Trinajstić information content (AvgIpc) is 2.12. The topological polar surface area (TPSA) is 161 Å². The molecule has 16 heavy (non-hydrogen) atoms. The van der Waals surface area contributed by atoms with Crippen LogP contribution in [0.25, 0.3) is 0 Å². The van der Waals surface area contributed by atoms with Gasteiger partial charge in [-0.25, -0.2) is 0 Å². The van der Waals surface area contributed by atoms with Gasteiger partial charge in [0.25, 0.3) is 0 Å². The first-order valence-corrected chi connectivity index (χ1v) is 3.43. The van der Waals surface area contributed by atoms with Crippen molar-refractivity contribution >= 4 is 11.9 Å². The van der Waals surface area contributed by atoms with E-state index in [0.29, 0.717) is 0 Å². The van der Waals surface area contributed by atoms with Crippen LogP contribution in [0.4, 0.5) is 0 Å². The summed E-state index contributed by atoms with van der Waals surface area (Å²) in [6, 6.07) is 0. The normalized spacial score (nSPS) is 17.0. The molecule has 0 bridgehead atoms. The molecule has 0 saturated heterocycles. The summed E-state index contributed by atoms with van der Waals surface area (Å²) in [6.45, 7) is 0. The van der Waals surface area contributed by atoms with Gasteiger partial charge in [0.1, 0.15) is 24.4 Å². The molecule has 0 fully saturated rings. The number of aliphatic hydroxyl groups is 4. The summed E-state index contributed by atoms with van der Waals surface area (Å²) in [6.07, 6.45) is -9.76. The number of hydrogen-bond donors (Lipinski definition) is 4. The summed E-state index contributed by atoms with van der Waals surface area (Å²) >= 11 is 0. The molecule has 0 aromatic carbocycles. The standard InChI is InChI=1S/C6H10O8.2Ag/c7-1(3(9)5(11)12)2(8)4(10)6(13)14;;/h1-4,7-10H,(H,11,12)(H,13,14);;/q;2*+1/p-2/t1-,2+,3+,4-;;. The minimum absolute atomic E-state index is 0. The Balaban J connectivity index is -0.000000845. The molecule has 8 nitrogen and oxygen atoms in total. The van der Waals surface area contributed by atoms with E-state index in [4.69, 9.17) is 20.4 Å². The minimum atomic E-state index is -2.50. The summed E-state index contributed by atoms with van der Waals surface area (Å²) in [7, 11) is 0. The van der Waals surface area contributed by atoms with Crippen LogP contribution in [0.5, 0.6) is 0 Å². The van der Waals surface area contributed by atoms with E-state index in [-0.39, 0.29) is 44.8 Å². The molecule has 0 aromatic rings. The maximum atomic E-state index is 9.96. The third-order valence-electron chi connectivity index (χ3n) is 1.48. The van der Waals surface area contributed by atoms with E-state index in [1.807, 2.05) is 0 Å². The Hall–Kier alpha value is 0.261. The number of carbonyl (C=O) groups excluding carboxylic acids is 2. The van der Waals surface area contributed by atoms with E-state index in [2.05, 4.69) is 0 Å². The van der Waals surface area contributed by atoms with Crippen LogP contribution in [0.2, 0.25) is 0 Å². The van der Waals surface area contributed by atoms with Gasteiger partial charge in [-0.15, -0.1) is 0 Å². The van der Waals surface area contributed by atoms with Crippen molar-refractivity contribution in [3.8, 4) is 0 Å². The maximum Gasteiger partial charge on any atom is 1.00 e. The molecule has 0 aliphatic rings. The number of carboxylic acids is 2. The summed E-state index contributed by atoms with van der Waals surface area (Å²) in [5.41, 5.74) is 0. The molecular formula is C6H8Ag2O8. The van der Waals surface area contributed by atoms with Gasteiger partial charge in [0, 0.05) is 0 Å². The fraction of sp³-hybridized carbons (Fsp3) is 0.667. The largest absolute Gasteiger partial charge is 1.00 e. The van der Waals surface area contributed by atoms with Crippen LogP contribution in [0.3, 0.4) is 0 Å². The van der Waals surface area contributed by atoms with E-state index in [1.165, 1.54) is 0 Å². The van der Waals surface area contributed by atoms with E-state index in [9.17, 15) is 19.8 Å². The van der Waals surface area contributed by atoms with Gasteiger partial charge in [-0.05, 0) is 0 Å². The number of hydrogen-bond acceptors (Lipinski definition) is 8. The van der Waals surface area contributed by atoms with Crippen molar-refractivity contribution in [1.29, 1.82) is 0 Å². The summed E-state index contributed by atoms with van der Waals surface area (Å²) in [4.78, 5) is 19.9. The van der Waals surface area contributed by atoms with E-state index >= 15 is 0 Å². The molecule has 0 spiro atoms. The van der Waals surface area contributed by atoms with E-state index < -0.39 is 36.4 Å². The van der Waals surface area contributed by atoms with Crippen molar-refractivity contribution in [1.82, 2.24) is 0 Å². The van der Waals surface area contributed by atoms with Gasteiger partial charge >= 0.3 is 44.8 Å². The van der Waals surface area contributed by atoms with Crippen molar-refractivity contribution in [3.63, 3.8) is 0 Å². The predicted octanol–water partition coefficient (Wildman–Crippen LogP) is -6.08. The monoisotopic (exact) mass is 422 g/mol. The fourth-order valence-corrected chi connectivity index (χ4v) is 0.652. The third-order valence-corrected chi connectivity index (χ3v) is 1.48. The number of carboxylic acid groups (broad SMARTS) is 2. The molecule has 0 aromatic heterocycles. The zero-order valence-electron chi connectivity index (χ0n) is 7.33. The second-order valence-electron chi connectivity index (χ2n) is 2.51. The molecule has 0 radical (unpaired) electrons. The Labute approximate surface area is 121 Å². The van der Waals surface area contributed by atoms with Gasteiger partial charge in [-0.3, -0.25) is 0 Å². The Morgan fingerprint density at radius 2 is 0.938 bits per heavy atom. The van der Waals surface area contributed by atoms with Crippen molar-refractivity contribution in [3.05, 3.63) is 0 Å².